The molecule has 5 heteroatoms. The summed E-state index contributed by atoms with van der Waals surface area (Å²) >= 11 is 2.31. The van der Waals surface area contributed by atoms with E-state index in [1.54, 1.807) is 4.90 Å². The lowest BCUT2D eigenvalue weighted by Crippen LogP contribution is -2.56. The van der Waals surface area contributed by atoms with E-state index in [0.29, 0.717) is 19.4 Å². The number of piperidine rings is 1. The Morgan fingerprint density at radius 3 is 2.68 bits per heavy atom. The number of amides is 1. The molecule has 1 aromatic carbocycles. The molecule has 0 saturated carbocycles. The number of Topliss-reactive ketones (excluding diaryl/α,β-unsaturated/α-hetero) is 1. The fourth-order valence-corrected chi connectivity index (χ4v) is 3.91. The second-order valence-electron chi connectivity index (χ2n) is 4.91. The van der Waals surface area contributed by atoms with Gasteiger partial charge in [0.25, 0.3) is 0 Å². The van der Waals surface area contributed by atoms with Crippen LogP contribution in [0.5, 0.6) is 0 Å². The van der Waals surface area contributed by atoms with Crippen LogP contribution in [0.2, 0.25) is 0 Å². The Labute approximate surface area is 125 Å². The van der Waals surface area contributed by atoms with Gasteiger partial charge in [0.15, 0.2) is 0 Å². The van der Waals surface area contributed by atoms with Crippen LogP contribution in [-0.2, 0) is 9.53 Å². The van der Waals surface area contributed by atoms with Gasteiger partial charge in [-0.25, -0.2) is 4.79 Å². The highest BCUT2D eigenvalue weighted by atomic mass is 127. The molecule has 0 aromatic heterocycles. The van der Waals surface area contributed by atoms with Gasteiger partial charge in [0.05, 0.1) is 9.97 Å². The number of benzene rings is 1. The fraction of sp³-hybridized carbons (Fsp3) is 0.429. The first-order chi connectivity index (χ1) is 9.16. The number of carbonyl (C=O) groups excluding carboxylic acids is 2. The molecule has 3 atom stereocenters. The molecule has 2 aliphatic heterocycles. The maximum absolute atomic E-state index is 12.1. The van der Waals surface area contributed by atoms with Crippen molar-refractivity contribution in [3.63, 3.8) is 0 Å². The molecule has 2 saturated heterocycles. The summed E-state index contributed by atoms with van der Waals surface area (Å²) in [5.74, 6) is 0.240. The van der Waals surface area contributed by atoms with Crippen molar-refractivity contribution in [1.29, 1.82) is 0 Å². The molecule has 4 nitrogen and oxygen atoms in total. The first-order valence-corrected chi connectivity index (χ1v) is 7.59. The predicted molar refractivity (Wildman–Crippen MR) is 78.2 cm³/mol. The Hall–Kier alpha value is -1.11. The summed E-state index contributed by atoms with van der Waals surface area (Å²) in [4.78, 5) is 25.4. The van der Waals surface area contributed by atoms with E-state index >= 15 is 0 Å². The molecule has 2 fully saturated rings. The SMILES string of the molecule is O=C1CCN2C(=O)O[C@H](c3ccccc3)[C@@H](I)[C@@H]2C1. The number of cyclic esters (lactones) is 1. The molecule has 1 amide bonds. The van der Waals surface area contributed by atoms with Gasteiger partial charge in [-0.05, 0) is 5.56 Å². The molecular formula is C14H14INO3. The van der Waals surface area contributed by atoms with E-state index in [2.05, 4.69) is 22.6 Å². The summed E-state index contributed by atoms with van der Waals surface area (Å²) in [5, 5.41) is 0. The average molecular weight is 371 g/mol. The van der Waals surface area contributed by atoms with E-state index in [1.807, 2.05) is 30.3 Å². The third-order valence-corrected chi connectivity index (χ3v) is 5.20. The van der Waals surface area contributed by atoms with Crippen LogP contribution in [0.3, 0.4) is 0 Å². The van der Waals surface area contributed by atoms with Crippen LogP contribution in [0.4, 0.5) is 4.79 Å². The number of carbonyl (C=O) groups is 2. The van der Waals surface area contributed by atoms with E-state index in [9.17, 15) is 9.59 Å². The number of ether oxygens (including phenoxy) is 1. The average Bonchev–Trinajstić information content (AvgIpc) is 2.43. The molecule has 1 aromatic rings. The van der Waals surface area contributed by atoms with E-state index in [0.717, 1.165) is 5.56 Å². The first kappa shape index (κ1) is 12.9. The minimum atomic E-state index is -0.292. The molecule has 0 N–H and O–H groups in total. The van der Waals surface area contributed by atoms with Crippen LogP contribution in [0, 0.1) is 0 Å². The largest absolute Gasteiger partial charge is 0.440 e. The van der Waals surface area contributed by atoms with Crippen molar-refractivity contribution in [2.45, 2.75) is 28.9 Å². The number of hydrogen-bond donors (Lipinski definition) is 0. The van der Waals surface area contributed by atoms with Crippen molar-refractivity contribution in [3.05, 3.63) is 35.9 Å². The Bertz CT molecular complexity index is 505. The molecule has 100 valence electrons. The molecule has 19 heavy (non-hydrogen) atoms. The highest BCUT2D eigenvalue weighted by Crippen LogP contribution is 2.38. The van der Waals surface area contributed by atoms with Gasteiger partial charge in [0.1, 0.15) is 11.9 Å². The van der Waals surface area contributed by atoms with E-state index < -0.39 is 0 Å². The van der Waals surface area contributed by atoms with Gasteiger partial charge < -0.3 is 9.64 Å². The summed E-state index contributed by atoms with van der Waals surface area (Å²) in [6.45, 7) is 0.489. The first-order valence-electron chi connectivity index (χ1n) is 6.35. The van der Waals surface area contributed by atoms with Gasteiger partial charge in [-0.2, -0.15) is 0 Å². The Morgan fingerprint density at radius 2 is 1.95 bits per heavy atom. The second kappa shape index (κ2) is 5.11. The number of fused-ring (bicyclic) bond motifs is 1. The summed E-state index contributed by atoms with van der Waals surface area (Å²) in [6.07, 6.45) is 0.345. The Morgan fingerprint density at radius 1 is 1.21 bits per heavy atom. The van der Waals surface area contributed by atoms with Gasteiger partial charge in [0.2, 0.25) is 0 Å². The fourth-order valence-electron chi connectivity index (χ4n) is 2.71. The van der Waals surface area contributed by atoms with E-state index in [-0.39, 0.29) is 27.9 Å². The number of alkyl halides is 1. The third-order valence-electron chi connectivity index (χ3n) is 3.72. The number of halogens is 1. The van der Waals surface area contributed by atoms with Crippen LogP contribution in [-0.4, -0.2) is 33.3 Å². The van der Waals surface area contributed by atoms with Crippen LogP contribution >= 0.6 is 22.6 Å². The van der Waals surface area contributed by atoms with Gasteiger partial charge in [-0.3, -0.25) is 4.79 Å². The van der Waals surface area contributed by atoms with Gasteiger partial charge in [-0.15, -0.1) is 0 Å². The topological polar surface area (TPSA) is 46.6 Å². The van der Waals surface area contributed by atoms with Crippen molar-refractivity contribution in [2.24, 2.45) is 0 Å². The Kier molecular flexibility index (Phi) is 3.47. The standard InChI is InChI=1S/C14H14INO3/c15-12-11-8-10(17)6-7-16(11)14(18)19-13(12)9-4-2-1-3-5-9/h1-5,11-13H,6-8H2/t11-,12-,13+/m0/s1. The zero-order chi connectivity index (χ0) is 13.4. The zero-order valence-electron chi connectivity index (χ0n) is 10.3. The highest BCUT2D eigenvalue weighted by molar-refractivity contribution is 14.1. The van der Waals surface area contributed by atoms with E-state index in [4.69, 9.17) is 4.74 Å². The number of hydrogen-bond acceptors (Lipinski definition) is 3. The monoisotopic (exact) mass is 371 g/mol. The van der Waals surface area contributed by atoms with Crippen molar-refractivity contribution >= 4 is 34.5 Å². The smallest absolute Gasteiger partial charge is 0.410 e. The highest BCUT2D eigenvalue weighted by Gasteiger charge is 2.45. The van der Waals surface area contributed by atoms with Crippen molar-refractivity contribution in [1.82, 2.24) is 4.90 Å². The molecular weight excluding hydrogens is 357 g/mol. The number of nitrogens with zero attached hydrogens (tertiary/aromatic N) is 1. The summed E-state index contributed by atoms with van der Waals surface area (Å²) < 4.78 is 5.66. The molecule has 2 heterocycles. The zero-order valence-corrected chi connectivity index (χ0v) is 12.4. The molecule has 3 rings (SSSR count). The number of rotatable bonds is 1. The summed E-state index contributed by atoms with van der Waals surface area (Å²) in [5.41, 5.74) is 0.993. The normalized spacial score (nSPS) is 30.8. The quantitative estimate of drug-likeness (QED) is 0.564. The molecule has 2 aliphatic rings. The van der Waals surface area contributed by atoms with Crippen molar-refractivity contribution < 1.29 is 14.3 Å². The van der Waals surface area contributed by atoms with Crippen LogP contribution in [0.15, 0.2) is 30.3 Å². The molecule has 0 bridgehead atoms. The lowest BCUT2D eigenvalue weighted by molar-refractivity contribution is -0.124. The van der Waals surface area contributed by atoms with Gasteiger partial charge >= 0.3 is 6.09 Å². The van der Waals surface area contributed by atoms with Crippen molar-refractivity contribution in [2.75, 3.05) is 6.54 Å². The van der Waals surface area contributed by atoms with Crippen molar-refractivity contribution in [3.8, 4) is 0 Å². The van der Waals surface area contributed by atoms with E-state index in [1.165, 1.54) is 0 Å². The van der Waals surface area contributed by atoms with Crippen LogP contribution in [0.25, 0.3) is 0 Å². The molecule has 0 aliphatic carbocycles. The maximum Gasteiger partial charge on any atom is 0.410 e. The Balaban J connectivity index is 1.89. The molecule has 0 unspecified atom stereocenters. The lowest BCUT2D eigenvalue weighted by atomic mass is 9.92. The summed E-state index contributed by atoms with van der Waals surface area (Å²) in [6, 6.07) is 9.70. The summed E-state index contributed by atoms with van der Waals surface area (Å²) in [7, 11) is 0. The third kappa shape index (κ3) is 2.35. The van der Waals surface area contributed by atoms with Crippen LogP contribution in [0.1, 0.15) is 24.5 Å². The number of ketones is 1. The van der Waals surface area contributed by atoms with Gasteiger partial charge in [0, 0.05) is 19.4 Å². The maximum atomic E-state index is 12.1. The van der Waals surface area contributed by atoms with Crippen LogP contribution < -0.4 is 0 Å². The predicted octanol–water partition coefficient (Wildman–Crippen LogP) is 2.72. The molecule has 0 spiro atoms. The minimum absolute atomic E-state index is 0.0340. The second-order valence-corrected chi connectivity index (χ2v) is 6.35. The minimum Gasteiger partial charge on any atom is -0.440 e. The molecule has 0 radical (unpaired) electrons. The lowest BCUT2D eigenvalue weighted by Gasteiger charge is -2.44. The van der Waals surface area contributed by atoms with Gasteiger partial charge in [-0.1, -0.05) is 52.9 Å².